The molecule has 3 rings (SSSR count). The average molecular weight is 330 g/mol. The smallest absolute Gasteiger partial charge is 0.181 e. The van der Waals surface area contributed by atoms with Crippen LogP contribution in [0.25, 0.3) is 11.0 Å². The van der Waals surface area contributed by atoms with E-state index in [1.807, 2.05) is 24.3 Å². The predicted molar refractivity (Wildman–Crippen MR) is 89.9 cm³/mol. The molecule has 0 aliphatic rings. The van der Waals surface area contributed by atoms with E-state index < -0.39 is 0 Å². The minimum atomic E-state index is -0.288. The summed E-state index contributed by atoms with van der Waals surface area (Å²) >= 11 is 0. The van der Waals surface area contributed by atoms with Crippen LogP contribution in [-0.4, -0.2) is 30.5 Å². The van der Waals surface area contributed by atoms with Crippen molar-refractivity contribution in [3.8, 4) is 5.75 Å². The van der Waals surface area contributed by atoms with Crippen LogP contribution in [0.2, 0.25) is 0 Å². The van der Waals surface area contributed by atoms with Gasteiger partial charge in [-0.2, -0.15) is 0 Å². The summed E-state index contributed by atoms with van der Waals surface area (Å²) in [6, 6.07) is 11.9. The van der Waals surface area contributed by atoms with Gasteiger partial charge in [-0.25, -0.2) is 4.39 Å². The summed E-state index contributed by atoms with van der Waals surface area (Å²) in [5.41, 5.74) is 1.46. The first-order valence-corrected chi connectivity index (χ1v) is 7.75. The Hall–Kier alpha value is -2.60. The second kappa shape index (κ2) is 7.31. The van der Waals surface area contributed by atoms with Crippen molar-refractivity contribution >= 4 is 16.8 Å². The van der Waals surface area contributed by atoms with Crippen LogP contribution in [0, 0.1) is 5.82 Å². The van der Waals surface area contributed by atoms with E-state index in [1.54, 1.807) is 13.2 Å². The topological polar surface area (TPSA) is 67.5 Å². The second-order valence-electron chi connectivity index (χ2n) is 5.51. The van der Waals surface area contributed by atoms with Crippen molar-refractivity contribution in [3.05, 3.63) is 53.8 Å². The molecule has 0 amide bonds. The van der Waals surface area contributed by atoms with Gasteiger partial charge in [0.2, 0.25) is 0 Å². The number of aliphatic hydroxyl groups is 1. The van der Waals surface area contributed by atoms with Crippen LogP contribution >= 0.6 is 0 Å². The Bertz CT molecular complexity index is 819. The van der Waals surface area contributed by atoms with Crippen LogP contribution < -0.4 is 10.1 Å². The lowest BCUT2D eigenvalue weighted by Gasteiger charge is -2.17. The molecule has 1 heterocycles. The Labute approximate surface area is 139 Å². The molecular weight excluding hydrogens is 311 g/mol. The second-order valence-corrected chi connectivity index (χ2v) is 5.51. The van der Waals surface area contributed by atoms with E-state index in [0.29, 0.717) is 30.1 Å². The predicted octanol–water partition coefficient (Wildman–Crippen LogP) is 3.55. The number of halogens is 1. The quantitative estimate of drug-likeness (QED) is 0.693. The summed E-state index contributed by atoms with van der Waals surface area (Å²) in [4.78, 5) is 0. The average Bonchev–Trinajstić information content (AvgIpc) is 3.02. The zero-order valence-corrected chi connectivity index (χ0v) is 13.3. The molecule has 3 aromatic rings. The fraction of sp³-hybridized carbons (Fsp3) is 0.278. The number of aliphatic hydroxyl groups excluding tert-OH is 1. The Morgan fingerprint density at radius 2 is 2.12 bits per heavy atom. The van der Waals surface area contributed by atoms with Crippen LogP contribution in [-0.2, 0) is 0 Å². The maximum Gasteiger partial charge on any atom is 0.181 e. The maximum atomic E-state index is 13.5. The lowest BCUT2D eigenvalue weighted by Crippen LogP contribution is -2.14. The van der Waals surface area contributed by atoms with Gasteiger partial charge in [-0.1, -0.05) is 23.4 Å². The van der Waals surface area contributed by atoms with Crippen LogP contribution in [0.3, 0.4) is 0 Å². The molecule has 0 fully saturated rings. The van der Waals surface area contributed by atoms with E-state index in [2.05, 4.69) is 10.5 Å². The molecule has 0 saturated heterocycles. The maximum absolute atomic E-state index is 13.5. The third-order valence-corrected chi connectivity index (χ3v) is 3.99. The van der Waals surface area contributed by atoms with Crippen molar-refractivity contribution in [2.24, 2.45) is 0 Å². The number of nitrogens with zero attached hydrogens (tertiary/aromatic N) is 1. The fourth-order valence-corrected chi connectivity index (χ4v) is 2.77. The van der Waals surface area contributed by atoms with Gasteiger partial charge in [0.25, 0.3) is 0 Å². The molecule has 126 valence electrons. The third-order valence-electron chi connectivity index (χ3n) is 3.99. The van der Waals surface area contributed by atoms with Crippen molar-refractivity contribution in [2.45, 2.75) is 12.3 Å². The van der Waals surface area contributed by atoms with Gasteiger partial charge in [0.05, 0.1) is 7.11 Å². The van der Waals surface area contributed by atoms with E-state index >= 15 is 0 Å². The van der Waals surface area contributed by atoms with Gasteiger partial charge in [0.1, 0.15) is 17.0 Å². The normalized spacial score (nSPS) is 12.3. The van der Waals surface area contributed by atoms with E-state index in [1.165, 1.54) is 12.1 Å². The number of anilines is 1. The zero-order valence-electron chi connectivity index (χ0n) is 13.3. The molecule has 2 N–H and O–H groups in total. The first-order chi connectivity index (χ1) is 11.7. The summed E-state index contributed by atoms with van der Waals surface area (Å²) in [5, 5.41) is 17.3. The molecule has 6 heteroatoms. The van der Waals surface area contributed by atoms with E-state index in [4.69, 9.17) is 9.26 Å². The van der Waals surface area contributed by atoms with Crippen molar-refractivity contribution < 1.29 is 18.8 Å². The van der Waals surface area contributed by atoms with Gasteiger partial charge in [0, 0.05) is 19.1 Å². The van der Waals surface area contributed by atoms with Gasteiger partial charge < -0.3 is 19.7 Å². The Kier molecular flexibility index (Phi) is 4.96. The summed E-state index contributed by atoms with van der Waals surface area (Å²) in [6.45, 7) is 0.509. The number of ether oxygens (including phenoxy) is 1. The van der Waals surface area contributed by atoms with Gasteiger partial charge in [0.15, 0.2) is 11.4 Å². The first-order valence-electron chi connectivity index (χ1n) is 7.75. The van der Waals surface area contributed by atoms with Gasteiger partial charge >= 0.3 is 0 Å². The SMILES string of the molecule is COc1cccc2onc(NCC(CCO)c3cccc(F)c3)c12. The zero-order chi connectivity index (χ0) is 16.9. The molecule has 2 aromatic carbocycles. The molecule has 24 heavy (non-hydrogen) atoms. The monoisotopic (exact) mass is 330 g/mol. The van der Waals surface area contributed by atoms with E-state index in [9.17, 15) is 9.50 Å². The Balaban J connectivity index is 1.82. The number of methoxy groups -OCH3 is 1. The molecule has 5 nitrogen and oxygen atoms in total. The highest BCUT2D eigenvalue weighted by Gasteiger charge is 2.16. The number of nitrogens with one attached hydrogen (secondary N) is 1. The standard InChI is InChI=1S/C18H19FN2O3/c1-23-15-6-3-7-16-17(15)18(21-24-16)20-11-13(8-9-22)12-4-2-5-14(19)10-12/h2-7,10,13,22H,8-9,11H2,1H3,(H,20,21). The van der Waals surface area contributed by atoms with Crippen molar-refractivity contribution in [3.63, 3.8) is 0 Å². The molecule has 0 aliphatic heterocycles. The summed E-state index contributed by atoms with van der Waals surface area (Å²) in [7, 11) is 1.59. The highest BCUT2D eigenvalue weighted by atomic mass is 19.1. The molecule has 1 aromatic heterocycles. The van der Waals surface area contributed by atoms with E-state index in [-0.39, 0.29) is 18.3 Å². The van der Waals surface area contributed by atoms with Crippen molar-refractivity contribution in [1.82, 2.24) is 5.16 Å². The summed E-state index contributed by atoms with van der Waals surface area (Å²) < 4.78 is 24.1. The molecule has 1 atom stereocenters. The minimum absolute atomic E-state index is 0.0196. The molecule has 1 unspecified atom stereocenters. The molecule has 0 radical (unpaired) electrons. The summed E-state index contributed by atoms with van der Waals surface area (Å²) in [5.74, 6) is 0.902. The number of fused-ring (bicyclic) bond motifs is 1. The number of benzene rings is 2. The first kappa shape index (κ1) is 16.3. The van der Waals surface area contributed by atoms with Crippen LogP contribution in [0.1, 0.15) is 17.9 Å². The molecular formula is C18H19FN2O3. The number of hydrogen-bond donors (Lipinski definition) is 2. The molecule has 0 bridgehead atoms. The van der Waals surface area contributed by atoms with Crippen LogP contribution in [0.4, 0.5) is 10.2 Å². The molecule has 0 aliphatic carbocycles. The minimum Gasteiger partial charge on any atom is -0.496 e. The Morgan fingerprint density at radius 3 is 2.88 bits per heavy atom. The fourth-order valence-electron chi connectivity index (χ4n) is 2.77. The lowest BCUT2D eigenvalue weighted by molar-refractivity contribution is 0.277. The number of hydrogen-bond acceptors (Lipinski definition) is 5. The summed E-state index contributed by atoms with van der Waals surface area (Å²) in [6.07, 6.45) is 0.517. The Morgan fingerprint density at radius 1 is 1.29 bits per heavy atom. The third kappa shape index (κ3) is 3.33. The van der Waals surface area contributed by atoms with Gasteiger partial charge in [-0.05, 0) is 36.2 Å². The van der Waals surface area contributed by atoms with E-state index in [0.717, 1.165) is 10.9 Å². The van der Waals surface area contributed by atoms with Gasteiger partial charge in [-0.3, -0.25) is 0 Å². The number of aromatic nitrogens is 1. The highest BCUT2D eigenvalue weighted by Crippen LogP contribution is 2.32. The number of rotatable bonds is 7. The van der Waals surface area contributed by atoms with Crippen LogP contribution in [0.15, 0.2) is 47.0 Å². The largest absolute Gasteiger partial charge is 0.496 e. The molecule has 0 spiro atoms. The molecule has 0 saturated carbocycles. The lowest BCUT2D eigenvalue weighted by atomic mass is 9.96. The van der Waals surface area contributed by atoms with Gasteiger partial charge in [-0.15, -0.1) is 0 Å². The highest BCUT2D eigenvalue weighted by molar-refractivity contribution is 5.93. The van der Waals surface area contributed by atoms with Crippen molar-refractivity contribution in [2.75, 3.05) is 25.6 Å². The van der Waals surface area contributed by atoms with Crippen molar-refractivity contribution in [1.29, 1.82) is 0 Å². The van der Waals surface area contributed by atoms with Crippen LogP contribution in [0.5, 0.6) is 5.75 Å².